The molecule has 3 heterocycles. The van der Waals surface area contributed by atoms with Crippen LogP contribution in [0.5, 0.6) is 0 Å². The van der Waals surface area contributed by atoms with Gasteiger partial charge in [-0.05, 0) is 42.5 Å². The van der Waals surface area contributed by atoms with Crippen molar-refractivity contribution in [1.82, 2.24) is 24.5 Å². The molecule has 4 amide bonds. The standard InChI is InChI=1S/C33H42FN7O4/c34-29-6-5-25(20-30(35)26-3-1-2-4-27(26)32(36)44)19-28(29)33(45)41-17-15-40(16-18-41)31(43)22-38-13-11-37(12-14-38)21-24-7-9-39(23-42)10-8-24/h1-6,19,23-24,35H,7-18,20-22H2,(H2,36,44). The van der Waals surface area contributed by atoms with Gasteiger partial charge in [-0.3, -0.25) is 24.1 Å². The molecule has 12 heteroatoms. The molecule has 2 aromatic rings. The Morgan fingerprint density at radius 2 is 1.44 bits per heavy atom. The molecule has 0 bridgehead atoms. The molecule has 5 rings (SSSR count). The summed E-state index contributed by atoms with van der Waals surface area (Å²) in [6.07, 6.45) is 3.13. The molecule has 2 aromatic carbocycles. The number of halogens is 1. The molecule has 3 N–H and O–H groups in total. The van der Waals surface area contributed by atoms with Crippen LogP contribution in [-0.4, -0.2) is 133 Å². The Bertz CT molecular complexity index is 1410. The first-order chi connectivity index (χ1) is 21.7. The van der Waals surface area contributed by atoms with Gasteiger partial charge >= 0.3 is 0 Å². The number of carbonyl (C=O) groups excluding carboxylic acids is 4. The second-order valence-electron chi connectivity index (χ2n) is 12.2. The SMILES string of the molecule is N=C(Cc1ccc(F)c(C(=O)N2CCN(C(=O)CN3CCN(CC4CCN(C=O)CC4)CC3)CC2)c1)c1ccccc1C(N)=O. The van der Waals surface area contributed by atoms with Crippen molar-refractivity contribution in [2.45, 2.75) is 19.3 Å². The highest BCUT2D eigenvalue weighted by molar-refractivity contribution is 6.09. The fourth-order valence-electron chi connectivity index (χ4n) is 6.46. The molecule has 0 atom stereocenters. The number of likely N-dealkylation sites (tertiary alicyclic amines) is 1. The van der Waals surface area contributed by atoms with E-state index in [1.807, 2.05) is 4.90 Å². The largest absolute Gasteiger partial charge is 0.366 e. The number of nitrogens with one attached hydrogen (secondary N) is 1. The van der Waals surface area contributed by atoms with E-state index >= 15 is 0 Å². The fourth-order valence-corrected chi connectivity index (χ4v) is 6.46. The van der Waals surface area contributed by atoms with Gasteiger partial charge in [0.25, 0.3) is 5.91 Å². The van der Waals surface area contributed by atoms with E-state index in [1.54, 1.807) is 34.1 Å². The Labute approximate surface area is 263 Å². The van der Waals surface area contributed by atoms with Crippen molar-refractivity contribution in [2.75, 3.05) is 78.5 Å². The average molecular weight is 620 g/mol. The van der Waals surface area contributed by atoms with Gasteiger partial charge in [-0.25, -0.2) is 4.39 Å². The van der Waals surface area contributed by atoms with E-state index in [4.69, 9.17) is 11.1 Å². The second-order valence-corrected chi connectivity index (χ2v) is 12.2. The summed E-state index contributed by atoms with van der Waals surface area (Å²) in [5.74, 6) is -1.07. The van der Waals surface area contributed by atoms with Gasteiger partial charge in [0.15, 0.2) is 0 Å². The third kappa shape index (κ3) is 8.12. The number of piperidine rings is 1. The molecule has 0 spiro atoms. The summed E-state index contributed by atoms with van der Waals surface area (Å²) in [6, 6.07) is 10.8. The highest BCUT2D eigenvalue weighted by atomic mass is 19.1. The van der Waals surface area contributed by atoms with Crippen LogP contribution in [0.4, 0.5) is 4.39 Å². The number of primary amides is 1. The van der Waals surface area contributed by atoms with Gasteiger partial charge in [0.05, 0.1) is 12.1 Å². The first-order valence-corrected chi connectivity index (χ1v) is 15.7. The Morgan fingerprint density at radius 3 is 2.09 bits per heavy atom. The minimum atomic E-state index is -0.642. The molecule has 11 nitrogen and oxygen atoms in total. The number of rotatable bonds is 10. The van der Waals surface area contributed by atoms with E-state index in [9.17, 15) is 23.6 Å². The van der Waals surface area contributed by atoms with E-state index in [2.05, 4.69) is 9.80 Å². The summed E-state index contributed by atoms with van der Waals surface area (Å²) in [4.78, 5) is 59.0. The molecule has 45 heavy (non-hydrogen) atoms. The topological polar surface area (TPSA) is 134 Å². The molecule has 0 saturated carbocycles. The third-order valence-electron chi connectivity index (χ3n) is 9.22. The van der Waals surface area contributed by atoms with Crippen molar-refractivity contribution in [3.63, 3.8) is 0 Å². The van der Waals surface area contributed by atoms with Crippen LogP contribution in [0.3, 0.4) is 0 Å². The van der Waals surface area contributed by atoms with Crippen LogP contribution in [0.15, 0.2) is 42.5 Å². The number of amides is 4. The van der Waals surface area contributed by atoms with Gasteiger partial charge in [0.1, 0.15) is 5.82 Å². The molecule has 0 aromatic heterocycles. The summed E-state index contributed by atoms with van der Waals surface area (Å²) in [7, 11) is 0. The second kappa shape index (κ2) is 14.7. The Balaban J connectivity index is 1.08. The quantitative estimate of drug-likeness (QED) is 0.304. The lowest BCUT2D eigenvalue weighted by atomic mass is 9.96. The van der Waals surface area contributed by atoms with Crippen LogP contribution in [0.1, 0.15) is 44.7 Å². The fraction of sp³-hybridized carbons (Fsp3) is 0.485. The molecule has 3 saturated heterocycles. The Morgan fingerprint density at radius 1 is 0.822 bits per heavy atom. The van der Waals surface area contributed by atoms with Crippen molar-refractivity contribution in [2.24, 2.45) is 11.7 Å². The monoisotopic (exact) mass is 619 g/mol. The summed E-state index contributed by atoms with van der Waals surface area (Å²) in [6.45, 7) is 7.97. The normalized spacial score (nSPS) is 18.6. The first-order valence-electron chi connectivity index (χ1n) is 15.7. The lowest BCUT2D eigenvalue weighted by Gasteiger charge is -2.39. The minimum Gasteiger partial charge on any atom is -0.366 e. The molecular weight excluding hydrogens is 577 g/mol. The highest BCUT2D eigenvalue weighted by Gasteiger charge is 2.29. The lowest BCUT2D eigenvalue weighted by molar-refractivity contribution is -0.134. The number of carbonyl (C=O) groups is 4. The van der Waals surface area contributed by atoms with Crippen LogP contribution in [-0.2, 0) is 16.0 Å². The number of hydrogen-bond acceptors (Lipinski definition) is 7. The molecule has 3 aliphatic heterocycles. The van der Waals surface area contributed by atoms with Gasteiger partial charge in [-0.2, -0.15) is 0 Å². The van der Waals surface area contributed by atoms with Crippen molar-refractivity contribution < 1.29 is 23.6 Å². The van der Waals surface area contributed by atoms with Gasteiger partial charge in [0, 0.05) is 95.3 Å². The maximum absolute atomic E-state index is 14.8. The van der Waals surface area contributed by atoms with E-state index in [1.165, 1.54) is 18.2 Å². The third-order valence-corrected chi connectivity index (χ3v) is 9.22. The summed E-state index contributed by atoms with van der Waals surface area (Å²) >= 11 is 0. The van der Waals surface area contributed by atoms with Gasteiger partial charge in [0.2, 0.25) is 18.2 Å². The Hall–Kier alpha value is -4.16. The zero-order valence-electron chi connectivity index (χ0n) is 25.6. The highest BCUT2D eigenvalue weighted by Crippen LogP contribution is 2.20. The zero-order chi connectivity index (χ0) is 31.9. The number of hydrogen-bond donors (Lipinski definition) is 2. The van der Waals surface area contributed by atoms with Crippen LogP contribution in [0.25, 0.3) is 0 Å². The molecule has 3 fully saturated rings. The number of piperazine rings is 2. The smallest absolute Gasteiger partial charge is 0.256 e. The van der Waals surface area contributed by atoms with Crippen molar-refractivity contribution in [3.8, 4) is 0 Å². The number of nitrogens with two attached hydrogens (primary N) is 1. The van der Waals surface area contributed by atoms with Gasteiger partial charge in [-0.1, -0.05) is 24.3 Å². The molecule has 0 aliphatic carbocycles. The van der Waals surface area contributed by atoms with E-state index in [-0.39, 0.29) is 29.2 Å². The van der Waals surface area contributed by atoms with Crippen LogP contribution in [0, 0.1) is 17.1 Å². The average Bonchev–Trinajstić information content (AvgIpc) is 3.06. The first kappa shape index (κ1) is 32.2. The van der Waals surface area contributed by atoms with Crippen LogP contribution in [0.2, 0.25) is 0 Å². The summed E-state index contributed by atoms with van der Waals surface area (Å²) in [5, 5.41) is 8.51. The Kier molecular flexibility index (Phi) is 10.6. The summed E-state index contributed by atoms with van der Waals surface area (Å²) < 4.78 is 14.8. The predicted octanol–water partition coefficient (Wildman–Crippen LogP) is 1.31. The van der Waals surface area contributed by atoms with Crippen molar-refractivity contribution in [3.05, 3.63) is 70.5 Å². The minimum absolute atomic E-state index is 0.0414. The molecule has 3 aliphatic rings. The summed E-state index contributed by atoms with van der Waals surface area (Å²) in [5.41, 5.74) is 6.73. The van der Waals surface area contributed by atoms with Crippen molar-refractivity contribution in [1.29, 1.82) is 5.41 Å². The molecule has 240 valence electrons. The molecular formula is C33H42FN7O4. The maximum Gasteiger partial charge on any atom is 0.256 e. The van der Waals surface area contributed by atoms with Gasteiger partial charge in [-0.15, -0.1) is 0 Å². The van der Waals surface area contributed by atoms with Crippen LogP contribution < -0.4 is 5.73 Å². The number of nitrogens with zero attached hydrogens (tertiary/aromatic N) is 5. The number of benzene rings is 2. The van der Waals surface area contributed by atoms with E-state index in [0.717, 1.165) is 65.1 Å². The van der Waals surface area contributed by atoms with E-state index in [0.29, 0.717) is 49.8 Å². The van der Waals surface area contributed by atoms with Crippen LogP contribution >= 0.6 is 0 Å². The predicted molar refractivity (Wildman–Crippen MR) is 168 cm³/mol. The molecule has 0 radical (unpaired) electrons. The van der Waals surface area contributed by atoms with Gasteiger partial charge < -0.3 is 30.7 Å². The lowest BCUT2D eigenvalue weighted by Crippen LogP contribution is -2.55. The molecule has 0 unspecified atom stereocenters. The maximum atomic E-state index is 14.8. The van der Waals surface area contributed by atoms with E-state index < -0.39 is 17.6 Å². The van der Waals surface area contributed by atoms with Crippen molar-refractivity contribution >= 4 is 29.8 Å². The zero-order valence-corrected chi connectivity index (χ0v) is 25.6.